The van der Waals surface area contributed by atoms with Crippen LogP contribution in [0.5, 0.6) is 0 Å². The number of benzene rings is 1. The molecule has 1 aliphatic carbocycles. The van der Waals surface area contributed by atoms with Gasteiger partial charge in [-0.25, -0.2) is 9.78 Å². The van der Waals surface area contributed by atoms with Crippen LogP contribution in [-0.4, -0.2) is 22.2 Å². The van der Waals surface area contributed by atoms with Gasteiger partial charge < -0.3 is 23.1 Å². The summed E-state index contributed by atoms with van der Waals surface area (Å²) >= 11 is 6.13. The van der Waals surface area contributed by atoms with Gasteiger partial charge in [0.25, 0.3) is 5.78 Å². The van der Waals surface area contributed by atoms with Gasteiger partial charge in [0, 0.05) is 22.8 Å². The fourth-order valence-electron chi connectivity index (χ4n) is 3.99. The molecule has 0 unspecified atom stereocenters. The molecule has 10 heteroatoms. The van der Waals surface area contributed by atoms with Crippen LogP contribution in [0.15, 0.2) is 68.0 Å². The molecule has 4 aromatic heterocycles. The summed E-state index contributed by atoms with van der Waals surface area (Å²) in [6.45, 7) is -0.0167. The van der Waals surface area contributed by atoms with Crippen LogP contribution in [0.1, 0.15) is 35.7 Å². The third-order valence-electron chi connectivity index (χ3n) is 6.15. The number of aliphatic carboxylic acids is 1. The molecule has 0 aliphatic heterocycles. The van der Waals surface area contributed by atoms with E-state index in [0.29, 0.717) is 45.6 Å². The van der Waals surface area contributed by atoms with Crippen LogP contribution in [-0.2, 0) is 21.6 Å². The topological polar surface area (TPSA) is 128 Å². The summed E-state index contributed by atoms with van der Waals surface area (Å²) in [5.74, 6) is 5.79. The molecule has 5 aromatic rings. The van der Waals surface area contributed by atoms with Crippen molar-refractivity contribution in [2.75, 3.05) is 5.32 Å². The fraction of sp³-hybridized carbons (Fsp3) is 0.148. The molecule has 1 amide bonds. The number of hydrogen-bond acceptors (Lipinski definition) is 7. The Morgan fingerprint density at radius 3 is 2.70 bits per heavy atom. The molecule has 6 rings (SSSR count). The number of carboxylic acid groups (broad SMARTS) is 1. The Balaban J connectivity index is 1.25. The van der Waals surface area contributed by atoms with Crippen molar-refractivity contribution in [3.63, 3.8) is 0 Å². The fourth-order valence-corrected chi connectivity index (χ4v) is 4.18. The Morgan fingerprint density at radius 1 is 1.11 bits per heavy atom. The zero-order valence-electron chi connectivity index (χ0n) is 19.0. The van der Waals surface area contributed by atoms with Crippen molar-refractivity contribution in [1.82, 2.24) is 4.98 Å². The number of carboxylic acids is 1. The minimum atomic E-state index is -0.963. The van der Waals surface area contributed by atoms with Crippen molar-refractivity contribution in [3.05, 3.63) is 82.6 Å². The molecule has 4 heterocycles. The van der Waals surface area contributed by atoms with E-state index < -0.39 is 17.5 Å². The predicted molar refractivity (Wildman–Crippen MR) is 132 cm³/mol. The van der Waals surface area contributed by atoms with Crippen molar-refractivity contribution in [2.45, 2.75) is 24.9 Å². The summed E-state index contributed by atoms with van der Waals surface area (Å²) in [5.41, 5.74) is 0.290. The smallest absolute Gasteiger partial charge is 0.412 e. The second-order valence-electron chi connectivity index (χ2n) is 8.56. The number of hydrogen-bond donors (Lipinski definition) is 2. The third kappa shape index (κ3) is 4.17. The molecule has 37 heavy (non-hydrogen) atoms. The quantitative estimate of drug-likeness (QED) is 0.269. The van der Waals surface area contributed by atoms with Gasteiger partial charge >= 0.3 is 12.1 Å². The van der Waals surface area contributed by atoms with E-state index in [1.165, 1.54) is 0 Å². The Bertz CT molecular complexity index is 1720. The lowest BCUT2D eigenvalue weighted by Crippen LogP contribution is -2.18. The second kappa shape index (κ2) is 8.76. The highest BCUT2D eigenvalue weighted by atomic mass is 35.5. The van der Waals surface area contributed by atoms with Gasteiger partial charge in [-0.05, 0) is 48.9 Å². The maximum Gasteiger partial charge on any atom is 0.412 e. The van der Waals surface area contributed by atoms with E-state index in [9.17, 15) is 14.7 Å². The number of rotatable bonds is 5. The monoisotopic (exact) mass is 516 g/mol. The normalized spacial score (nSPS) is 13.8. The first-order valence-corrected chi connectivity index (χ1v) is 11.6. The molecule has 0 bridgehead atoms. The average molecular weight is 517 g/mol. The first-order valence-electron chi connectivity index (χ1n) is 11.3. The summed E-state index contributed by atoms with van der Waals surface area (Å²) in [7, 11) is 0. The number of furan rings is 3. The summed E-state index contributed by atoms with van der Waals surface area (Å²) in [6, 6.07) is 13.8. The number of nitrogens with one attached hydrogen (secondary N) is 1. The highest BCUT2D eigenvalue weighted by Gasteiger charge is 2.54. The molecular formula is C27H17ClN2O7. The van der Waals surface area contributed by atoms with E-state index in [1.807, 2.05) is 0 Å². The van der Waals surface area contributed by atoms with Gasteiger partial charge in [0.05, 0.1) is 10.8 Å². The molecule has 1 aromatic carbocycles. The molecule has 0 saturated heterocycles. The molecular weight excluding hydrogens is 500 g/mol. The summed E-state index contributed by atoms with van der Waals surface area (Å²) in [5, 5.41) is 13.8. The van der Waals surface area contributed by atoms with Crippen LogP contribution in [0.25, 0.3) is 22.3 Å². The van der Waals surface area contributed by atoms with Crippen LogP contribution in [0.2, 0.25) is 5.02 Å². The largest absolute Gasteiger partial charge is 0.480 e. The van der Waals surface area contributed by atoms with Crippen molar-refractivity contribution >= 4 is 51.6 Å². The van der Waals surface area contributed by atoms with Gasteiger partial charge in [-0.2, -0.15) is 0 Å². The molecule has 1 fully saturated rings. The number of halogens is 1. The Morgan fingerprint density at radius 2 is 1.95 bits per heavy atom. The number of amides is 1. The van der Waals surface area contributed by atoms with Crippen LogP contribution >= 0.6 is 11.6 Å². The molecule has 0 spiro atoms. The number of aromatic nitrogens is 1. The van der Waals surface area contributed by atoms with Crippen molar-refractivity contribution < 1.29 is 32.7 Å². The molecule has 0 atom stereocenters. The second-order valence-corrected chi connectivity index (χ2v) is 8.96. The summed E-state index contributed by atoms with van der Waals surface area (Å²) in [6.07, 6.45) is 1.90. The molecule has 9 nitrogen and oxygen atoms in total. The zero-order chi connectivity index (χ0) is 25.6. The van der Waals surface area contributed by atoms with E-state index in [4.69, 9.17) is 29.6 Å². The number of nitrogens with zero attached hydrogens (tertiary/aromatic N) is 1. The highest BCUT2D eigenvalue weighted by Crippen LogP contribution is 2.50. The summed E-state index contributed by atoms with van der Waals surface area (Å²) in [4.78, 5) is 28.3. The van der Waals surface area contributed by atoms with E-state index in [-0.39, 0.29) is 29.6 Å². The third-order valence-corrected chi connectivity index (χ3v) is 6.52. The van der Waals surface area contributed by atoms with Crippen molar-refractivity contribution in [1.29, 1.82) is 0 Å². The number of carbonyl (C=O) groups is 2. The van der Waals surface area contributed by atoms with Gasteiger partial charge in [0.15, 0.2) is 5.76 Å². The maximum absolute atomic E-state index is 12.6. The van der Waals surface area contributed by atoms with Crippen LogP contribution < -0.4 is 5.32 Å². The van der Waals surface area contributed by atoms with Crippen molar-refractivity contribution in [3.8, 4) is 11.8 Å². The van der Waals surface area contributed by atoms with Crippen LogP contribution in [0.4, 0.5) is 10.5 Å². The summed E-state index contributed by atoms with van der Waals surface area (Å²) < 4.78 is 22.4. The molecule has 0 radical (unpaired) electrons. The highest BCUT2D eigenvalue weighted by molar-refractivity contribution is 6.31. The van der Waals surface area contributed by atoms with Crippen LogP contribution in [0.3, 0.4) is 0 Å². The lowest BCUT2D eigenvalue weighted by molar-refractivity contribution is -0.140. The first kappa shape index (κ1) is 22.8. The van der Waals surface area contributed by atoms with Crippen LogP contribution in [0, 0.1) is 11.8 Å². The lowest BCUT2D eigenvalue weighted by Gasteiger charge is -2.07. The molecule has 1 aliphatic rings. The Hall–Kier alpha value is -4.68. The van der Waals surface area contributed by atoms with E-state index >= 15 is 0 Å². The molecule has 2 N–H and O–H groups in total. The number of anilines is 1. The number of ether oxygens (including phenoxy) is 1. The molecule has 1 saturated carbocycles. The molecule has 184 valence electrons. The van der Waals surface area contributed by atoms with Gasteiger partial charge in [-0.3, -0.25) is 10.1 Å². The van der Waals surface area contributed by atoms with Gasteiger partial charge in [-0.1, -0.05) is 29.8 Å². The zero-order valence-corrected chi connectivity index (χ0v) is 19.8. The maximum atomic E-state index is 12.6. The van der Waals surface area contributed by atoms with Gasteiger partial charge in [0.1, 0.15) is 23.5 Å². The van der Waals surface area contributed by atoms with E-state index in [0.717, 1.165) is 0 Å². The average Bonchev–Trinajstić information content (AvgIpc) is 3.32. The van der Waals surface area contributed by atoms with Gasteiger partial charge in [-0.15, -0.1) is 0 Å². The predicted octanol–water partition coefficient (Wildman–Crippen LogP) is 6.09. The lowest BCUT2D eigenvalue weighted by atomic mass is 10.0. The number of fused-ring (bicyclic) bond motifs is 2. The van der Waals surface area contributed by atoms with Crippen molar-refractivity contribution in [2.24, 2.45) is 0 Å². The van der Waals surface area contributed by atoms with E-state index in [1.54, 1.807) is 54.7 Å². The first-order chi connectivity index (χ1) is 17.9. The minimum absolute atomic E-state index is 0.0167. The Labute approximate surface area is 214 Å². The number of carbonyl (C=O) groups excluding carboxylic acids is 1. The standard InChI is InChI=1S/C27H17ClN2O7/c28-19-6-2-1-4-15(19)14-34-26(33)30-22-18-5-3-11-29-23(18)36-20(22)8-7-17-12-16-13-21(37-24(16)35-17)27(9-10-27)25(31)32/h1-6,11-13H,9-10,14H2,(H,30,33)(H,31,32). The Kier molecular flexibility index (Phi) is 5.39. The SMILES string of the molecule is O=C(Nc1c(C#Cc2cc3cc(C4(C(=O)O)CC4)oc3o2)oc2ncccc12)OCc1ccccc1Cl. The number of pyridine rings is 1. The van der Waals surface area contributed by atoms with E-state index in [2.05, 4.69) is 22.1 Å². The minimum Gasteiger partial charge on any atom is -0.480 e. The van der Waals surface area contributed by atoms with Gasteiger partial charge in [0.2, 0.25) is 11.5 Å².